The maximum atomic E-state index is 5.39. The molecule has 0 aromatic heterocycles. The Morgan fingerprint density at radius 3 is 2.21 bits per heavy atom. The first-order valence-corrected chi connectivity index (χ1v) is 8.06. The molecule has 0 heterocycles. The van der Waals surface area contributed by atoms with Crippen LogP contribution in [-0.4, -0.2) is 46.5 Å². The number of nitrogens with one attached hydrogen (secondary N) is 2. The molecule has 0 amide bonds. The van der Waals surface area contributed by atoms with E-state index in [9.17, 15) is 0 Å². The Balaban J connectivity index is 0.00000529. The smallest absolute Gasteiger partial charge is 0.191 e. The summed E-state index contributed by atoms with van der Waals surface area (Å²) in [5.41, 5.74) is 0.776. The van der Waals surface area contributed by atoms with Crippen molar-refractivity contribution in [1.29, 1.82) is 0 Å². The lowest BCUT2D eigenvalue weighted by atomic mass is 10.1. The van der Waals surface area contributed by atoms with Crippen LogP contribution in [0.5, 0.6) is 11.5 Å². The molecule has 24 heavy (non-hydrogen) atoms. The highest BCUT2D eigenvalue weighted by molar-refractivity contribution is 14.0. The zero-order valence-electron chi connectivity index (χ0n) is 15.0. The molecule has 1 aromatic rings. The lowest BCUT2D eigenvalue weighted by Crippen LogP contribution is -2.45. The van der Waals surface area contributed by atoms with Crippen molar-refractivity contribution in [1.82, 2.24) is 10.6 Å². The first kappa shape index (κ1) is 23.3. The third-order valence-corrected chi connectivity index (χ3v) is 4.19. The fraction of sp³-hybridized carbons (Fsp3) is 0.562. The summed E-state index contributed by atoms with van der Waals surface area (Å²) in [4.78, 5) is 4.21. The number of aliphatic imine (C=N–C) groups is 1. The van der Waals surface area contributed by atoms with E-state index in [1.54, 1.807) is 28.4 Å². The van der Waals surface area contributed by atoms with Crippen LogP contribution in [0.4, 0.5) is 0 Å². The number of hydrogen-bond acceptors (Lipinski definition) is 4. The minimum absolute atomic E-state index is 0. The zero-order valence-corrected chi connectivity index (χ0v) is 18.9. The van der Waals surface area contributed by atoms with E-state index in [0.29, 0.717) is 30.5 Å². The lowest BCUT2D eigenvalue weighted by molar-refractivity contribution is 0.0268. The minimum atomic E-state index is -0.262. The summed E-state index contributed by atoms with van der Waals surface area (Å²) < 4.78 is 16.9. The molecule has 1 rings (SSSR count). The fourth-order valence-corrected chi connectivity index (χ4v) is 2.26. The van der Waals surface area contributed by atoms with Crippen LogP contribution in [0.2, 0.25) is 0 Å². The van der Waals surface area contributed by atoms with E-state index in [2.05, 4.69) is 31.6 Å². The van der Waals surface area contributed by atoms with Crippen molar-refractivity contribution in [2.45, 2.75) is 26.0 Å². The summed E-state index contributed by atoms with van der Waals surface area (Å²) in [6.45, 7) is 5.26. The highest BCUT2D eigenvalue weighted by Crippen LogP contribution is 2.33. The van der Waals surface area contributed by atoms with E-state index >= 15 is 0 Å². The highest BCUT2D eigenvalue weighted by atomic mass is 127. The van der Waals surface area contributed by atoms with Gasteiger partial charge in [0, 0.05) is 31.7 Å². The number of ether oxygens (including phenoxy) is 3. The van der Waals surface area contributed by atoms with Crippen molar-refractivity contribution in [3.63, 3.8) is 0 Å². The Morgan fingerprint density at radius 2 is 1.71 bits per heavy atom. The van der Waals surface area contributed by atoms with Gasteiger partial charge in [-0.1, -0.05) is 15.9 Å². The molecule has 2 N–H and O–H groups in total. The van der Waals surface area contributed by atoms with Crippen LogP contribution in [-0.2, 0) is 11.3 Å². The van der Waals surface area contributed by atoms with E-state index in [-0.39, 0.29) is 29.6 Å². The largest absolute Gasteiger partial charge is 0.493 e. The van der Waals surface area contributed by atoms with Gasteiger partial charge in [-0.3, -0.25) is 4.99 Å². The molecule has 6 nitrogen and oxygen atoms in total. The average Bonchev–Trinajstić information content (AvgIpc) is 2.55. The molecule has 0 bridgehead atoms. The van der Waals surface area contributed by atoms with Crippen molar-refractivity contribution in [3.8, 4) is 11.5 Å². The maximum absolute atomic E-state index is 5.39. The van der Waals surface area contributed by atoms with Crippen LogP contribution in [0.15, 0.2) is 21.6 Å². The molecule has 0 saturated carbocycles. The number of halogens is 2. The van der Waals surface area contributed by atoms with Gasteiger partial charge in [0.1, 0.15) is 0 Å². The lowest BCUT2D eigenvalue weighted by Gasteiger charge is -2.24. The van der Waals surface area contributed by atoms with Gasteiger partial charge in [0.25, 0.3) is 0 Å². The second-order valence-corrected chi connectivity index (χ2v) is 6.40. The van der Waals surface area contributed by atoms with Crippen LogP contribution in [0, 0.1) is 0 Å². The Morgan fingerprint density at radius 1 is 1.12 bits per heavy atom. The van der Waals surface area contributed by atoms with Gasteiger partial charge >= 0.3 is 0 Å². The van der Waals surface area contributed by atoms with Crippen molar-refractivity contribution in [2.24, 2.45) is 4.99 Å². The van der Waals surface area contributed by atoms with Gasteiger partial charge in [-0.2, -0.15) is 0 Å². The van der Waals surface area contributed by atoms with Crippen LogP contribution in [0.3, 0.4) is 0 Å². The van der Waals surface area contributed by atoms with Gasteiger partial charge in [0.15, 0.2) is 17.5 Å². The number of nitrogens with zero attached hydrogens (tertiary/aromatic N) is 1. The zero-order chi connectivity index (χ0) is 17.5. The fourth-order valence-electron chi connectivity index (χ4n) is 1.80. The standard InChI is InChI=1S/C16H26BrN3O3.HI/c1-16(2,23-6)10-20-15(18-3)19-9-11-7-13(21-4)14(22-5)8-12(11)17;/h7-8H,9-10H2,1-6H3,(H2,18,19,20);1H. The van der Waals surface area contributed by atoms with Gasteiger partial charge in [-0.05, 0) is 31.5 Å². The number of hydrogen-bond donors (Lipinski definition) is 2. The van der Waals surface area contributed by atoms with E-state index in [4.69, 9.17) is 14.2 Å². The predicted molar refractivity (Wildman–Crippen MR) is 112 cm³/mol. The minimum Gasteiger partial charge on any atom is -0.493 e. The Hall–Kier alpha value is -0.740. The second-order valence-electron chi connectivity index (χ2n) is 5.54. The summed E-state index contributed by atoms with van der Waals surface area (Å²) in [5.74, 6) is 2.08. The third-order valence-electron chi connectivity index (χ3n) is 3.46. The maximum Gasteiger partial charge on any atom is 0.191 e. The predicted octanol–water partition coefficient (Wildman–Crippen LogP) is 3.17. The molecule has 8 heteroatoms. The third kappa shape index (κ3) is 7.02. The number of benzene rings is 1. The summed E-state index contributed by atoms with van der Waals surface area (Å²) in [5, 5.41) is 6.51. The molecule has 0 aliphatic carbocycles. The summed E-state index contributed by atoms with van der Waals surface area (Å²) >= 11 is 3.55. The van der Waals surface area contributed by atoms with Gasteiger partial charge in [0.2, 0.25) is 0 Å². The normalized spacial score (nSPS) is 11.5. The quantitative estimate of drug-likeness (QED) is 0.332. The first-order chi connectivity index (χ1) is 10.9. The Kier molecular flexibility index (Phi) is 10.6. The highest BCUT2D eigenvalue weighted by Gasteiger charge is 2.16. The van der Waals surface area contributed by atoms with Crippen LogP contribution in [0.1, 0.15) is 19.4 Å². The van der Waals surface area contributed by atoms with Crippen molar-refractivity contribution < 1.29 is 14.2 Å². The average molecular weight is 516 g/mol. The number of rotatable bonds is 7. The van der Waals surface area contributed by atoms with Crippen molar-refractivity contribution in [2.75, 3.05) is 34.9 Å². The van der Waals surface area contributed by atoms with Crippen molar-refractivity contribution >= 4 is 45.9 Å². The molecule has 0 fully saturated rings. The Bertz CT molecular complexity index is 554. The molecule has 0 radical (unpaired) electrons. The van der Waals surface area contributed by atoms with Crippen LogP contribution >= 0.6 is 39.9 Å². The molecule has 0 aliphatic rings. The van der Waals surface area contributed by atoms with E-state index in [0.717, 1.165) is 10.0 Å². The van der Waals surface area contributed by atoms with E-state index < -0.39 is 0 Å². The molecule has 0 atom stereocenters. The van der Waals surface area contributed by atoms with Gasteiger partial charge < -0.3 is 24.8 Å². The SMILES string of the molecule is CN=C(NCc1cc(OC)c(OC)cc1Br)NCC(C)(C)OC.I. The second kappa shape index (κ2) is 11.0. The topological polar surface area (TPSA) is 64.1 Å². The first-order valence-electron chi connectivity index (χ1n) is 7.27. The van der Waals surface area contributed by atoms with Crippen LogP contribution in [0.25, 0.3) is 0 Å². The number of methoxy groups -OCH3 is 3. The molecule has 138 valence electrons. The Labute approximate surface area is 169 Å². The molecule has 0 aliphatic heterocycles. The van der Waals surface area contributed by atoms with E-state index in [1.165, 1.54) is 0 Å². The molecule has 0 saturated heterocycles. The molecule has 0 unspecified atom stereocenters. The monoisotopic (exact) mass is 515 g/mol. The van der Waals surface area contributed by atoms with Gasteiger partial charge in [-0.25, -0.2) is 0 Å². The summed E-state index contributed by atoms with van der Waals surface area (Å²) in [7, 11) is 6.67. The van der Waals surface area contributed by atoms with Crippen molar-refractivity contribution in [3.05, 3.63) is 22.2 Å². The van der Waals surface area contributed by atoms with Gasteiger partial charge in [0.05, 0.1) is 19.8 Å². The molecular weight excluding hydrogens is 489 g/mol. The van der Waals surface area contributed by atoms with Crippen LogP contribution < -0.4 is 20.1 Å². The number of guanidine groups is 1. The van der Waals surface area contributed by atoms with Gasteiger partial charge in [-0.15, -0.1) is 24.0 Å². The summed E-state index contributed by atoms with van der Waals surface area (Å²) in [6.07, 6.45) is 0. The summed E-state index contributed by atoms with van der Waals surface area (Å²) in [6, 6.07) is 3.82. The molecule has 0 spiro atoms. The van der Waals surface area contributed by atoms with E-state index in [1.807, 2.05) is 26.0 Å². The molecular formula is C16H27BrIN3O3. The molecule has 1 aromatic carbocycles.